The van der Waals surface area contributed by atoms with Gasteiger partial charge in [0.2, 0.25) is 15.9 Å². The summed E-state index contributed by atoms with van der Waals surface area (Å²) in [6.07, 6.45) is 6.81. The van der Waals surface area contributed by atoms with E-state index >= 15 is 0 Å². The van der Waals surface area contributed by atoms with Crippen molar-refractivity contribution in [1.82, 2.24) is 19.0 Å². The lowest BCUT2D eigenvalue weighted by Crippen LogP contribution is -2.42. The zero-order valence-corrected chi connectivity index (χ0v) is 49.8. The summed E-state index contributed by atoms with van der Waals surface area (Å²) >= 11 is 0. The summed E-state index contributed by atoms with van der Waals surface area (Å²) < 4.78 is 38.2. The van der Waals surface area contributed by atoms with Crippen LogP contribution in [0.25, 0.3) is 0 Å². The van der Waals surface area contributed by atoms with E-state index in [1.807, 2.05) is 57.2 Å². The summed E-state index contributed by atoms with van der Waals surface area (Å²) in [6, 6.07) is 29.7. The van der Waals surface area contributed by atoms with E-state index in [2.05, 4.69) is 113 Å². The molecule has 0 atom stereocenters. The predicted molar refractivity (Wildman–Crippen MR) is 318 cm³/mol. The Labute approximate surface area is 462 Å². The molecule has 0 unspecified atom stereocenters. The van der Waals surface area contributed by atoms with E-state index in [0.717, 1.165) is 80.9 Å². The molecule has 0 aromatic heterocycles. The lowest BCUT2D eigenvalue weighted by Gasteiger charge is -2.36. The zero-order valence-electron chi connectivity index (χ0n) is 48.1. The fourth-order valence-corrected chi connectivity index (χ4v) is 11.5. The lowest BCUT2D eigenvalue weighted by atomic mass is 10.0. The summed E-state index contributed by atoms with van der Waals surface area (Å²) in [7, 11) is 14.0. The van der Waals surface area contributed by atoms with Gasteiger partial charge in [0.25, 0.3) is 0 Å². The summed E-state index contributed by atoms with van der Waals surface area (Å²) in [5.41, 5.74) is 12.5. The summed E-state index contributed by atoms with van der Waals surface area (Å²) in [5.74, 6) is 0.479. The van der Waals surface area contributed by atoms with Gasteiger partial charge in [-0.05, 0) is 211 Å². The van der Waals surface area contributed by atoms with Crippen LogP contribution >= 0.6 is 12.4 Å². The minimum atomic E-state index is -3.74. The molecule has 16 nitrogen and oxygen atoms in total. The number of carbonyl (C=O) groups excluding carboxylic acids is 2. The van der Waals surface area contributed by atoms with Crippen LogP contribution in [0.15, 0.2) is 89.8 Å². The number of nitrogens with zero attached hydrogens (tertiary/aromatic N) is 8. The molecule has 4 aromatic rings. The number of carbonyl (C=O) groups is 2. The first-order valence-corrected chi connectivity index (χ1v) is 28.0. The van der Waals surface area contributed by atoms with Gasteiger partial charge in [-0.1, -0.05) is 0 Å². The molecular formula is C58H91ClN10O6S. The van der Waals surface area contributed by atoms with Gasteiger partial charge in [-0.15, -0.1) is 12.4 Å². The molecule has 76 heavy (non-hydrogen) atoms. The summed E-state index contributed by atoms with van der Waals surface area (Å²) in [5, 5.41) is 2.76. The Morgan fingerprint density at radius 2 is 1.00 bits per heavy atom. The number of benzene rings is 4. The normalized spacial score (nSPS) is 15.9. The van der Waals surface area contributed by atoms with Gasteiger partial charge in [-0.3, -0.25) is 10.1 Å². The Hall–Kier alpha value is -5.30. The fourth-order valence-electron chi connectivity index (χ4n) is 9.95. The van der Waals surface area contributed by atoms with Crippen LogP contribution in [0.4, 0.5) is 38.9 Å². The van der Waals surface area contributed by atoms with Gasteiger partial charge in [0.15, 0.2) is 0 Å². The number of piperidine rings is 3. The molecule has 2 amide bonds. The molecule has 0 saturated carbocycles. The van der Waals surface area contributed by atoms with Crippen LogP contribution in [0.2, 0.25) is 0 Å². The van der Waals surface area contributed by atoms with Crippen LogP contribution < -0.4 is 35.4 Å². The number of nitrogen functional groups attached to an aromatic ring is 1. The Balaban J connectivity index is 0.000000266. The van der Waals surface area contributed by atoms with Gasteiger partial charge < -0.3 is 49.5 Å². The number of hydrogen-bond acceptors (Lipinski definition) is 13. The van der Waals surface area contributed by atoms with Crippen molar-refractivity contribution in [2.24, 2.45) is 0 Å². The third-order valence-corrected chi connectivity index (χ3v) is 16.8. The highest BCUT2D eigenvalue weighted by atomic mass is 35.5. The van der Waals surface area contributed by atoms with Crippen molar-refractivity contribution < 1.29 is 27.5 Å². The third-order valence-electron chi connectivity index (χ3n) is 14.7. The third kappa shape index (κ3) is 18.4. The minimum Gasteiger partial charge on any atom is -0.497 e. The number of halogens is 1. The molecule has 0 spiro atoms. The van der Waals surface area contributed by atoms with Crippen LogP contribution in [-0.2, 0) is 19.6 Å². The second-order valence-corrected chi connectivity index (χ2v) is 23.9. The van der Waals surface area contributed by atoms with Gasteiger partial charge in [0, 0.05) is 119 Å². The van der Waals surface area contributed by atoms with E-state index in [1.165, 1.54) is 48.4 Å². The van der Waals surface area contributed by atoms with E-state index in [4.69, 9.17) is 15.2 Å². The van der Waals surface area contributed by atoms with E-state index in [-0.39, 0.29) is 36.2 Å². The van der Waals surface area contributed by atoms with E-state index < -0.39 is 21.7 Å². The van der Waals surface area contributed by atoms with E-state index in [9.17, 15) is 18.0 Å². The highest BCUT2D eigenvalue weighted by Crippen LogP contribution is 2.30. The van der Waals surface area contributed by atoms with Crippen molar-refractivity contribution >= 4 is 68.6 Å². The molecule has 4 aromatic carbocycles. The molecular weight excluding hydrogens is 1000 g/mol. The Bertz CT molecular complexity index is 2500. The summed E-state index contributed by atoms with van der Waals surface area (Å²) in [4.78, 5) is 40.7. The van der Waals surface area contributed by atoms with Crippen LogP contribution in [0.1, 0.15) is 76.8 Å². The SMILES string of the molecule is CN(C)C1CCN(c2ccc(N)cc2)CC1.CN(C)C1CCN(c2ccc(NC(=O)OC(C)(C)C)cc2)CC1.COc1cc(C)c(S(=O)(=O)N(C)CCC(=O)N(C)c2ccc(N3CCC(N(C)C)CC3)cc2)c(C)c1.Cl. The Morgan fingerprint density at radius 3 is 1.36 bits per heavy atom. The molecule has 3 saturated heterocycles. The van der Waals surface area contributed by atoms with E-state index in [1.54, 1.807) is 45.0 Å². The second-order valence-electron chi connectivity index (χ2n) is 21.9. The number of amides is 2. The number of aryl methyl sites for hydroxylation is 2. The molecule has 3 aliphatic rings. The van der Waals surface area contributed by atoms with Crippen molar-refractivity contribution in [2.75, 3.05) is 140 Å². The van der Waals surface area contributed by atoms with Gasteiger partial charge in [0.1, 0.15) is 11.4 Å². The Morgan fingerprint density at radius 1 is 0.632 bits per heavy atom. The van der Waals surface area contributed by atoms with Crippen LogP contribution in [-0.4, -0.2) is 172 Å². The first-order chi connectivity index (χ1) is 35.4. The monoisotopic (exact) mass is 1090 g/mol. The maximum absolute atomic E-state index is 13.2. The average molecular weight is 1090 g/mol. The van der Waals surface area contributed by atoms with Gasteiger partial charge >= 0.3 is 6.09 Å². The van der Waals surface area contributed by atoms with Crippen molar-refractivity contribution in [1.29, 1.82) is 0 Å². The maximum atomic E-state index is 13.2. The van der Waals surface area contributed by atoms with Crippen molar-refractivity contribution in [3.8, 4) is 5.75 Å². The predicted octanol–water partition coefficient (Wildman–Crippen LogP) is 9.30. The fraction of sp³-hybridized carbons (Fsp3) is 0.552. The quantitative estimate of drug-likeness (QED) is 0.116. The minimum absolute atomic E-state index is 0. The first kappa shape index (κ1) is 63.2. The first-order valence-electron chi connectivity index (χ1n) is 26.5. The molecule has 7 rings (SSSR count). The van der Waals surface area contributed by atoms with Crippen LogP contribution in [0.5, 0.6) is 5.75 Å². The lowest BCUT2D eigenvalue weighted by molar-refractivity contribution is -0.118. The topological polar surface area (TPSA) is 151 Å². The maximum Gasteiger partial charge on any atom is 0.412 e. The van der Waals surface area contributed by atoms with Crippen molar-refractivity contribution in [3.05, 3.63) is 96.1 Å². The molecule has 422 valence electrons. The number of ether oxygens (including phenoxy) is 2. The van der Waals surface area contributed by atoms with Crippen molar-refractivity contribution in [3.63, 3.8) is 0 Å². The molecule has 18 heteroatoms. The van der Waals surface area contributed by atoms with Crippen LogP contribution in [0.3, 0.4) is 0 Å². The molecule has 0 aliphatic carbocycles. The van der Waals surface area contributed by atoms with E-state index in [0.29, 0.717) is 29.0 Å². The molecule has 0 radical (unpaired) electrons. The average Bonchev–Trinajstić information content (AvgIpc) is 3.37. The molecule has 3 N–H and O–H groups in total. The number of sulfonamides is 1. The molecule has 3 aliphatic heterocycles. The van der Waals surface area contributed by atoms with Crippen LogP contribution in [0, 0.1) is 13.8 Å². The second kappa shape index (κ2) is 28.9. The number of methoxy groups -OCH3 is 1. The van der Waals surface area contributed by atoms with Crippen molar-refractivity contribution in [2.45, 2.75) is 108 Å². The zero-order chi connectivity index (χ0) is 55.2. The molecule has 0 bridgehead atoms. The number of nitrogens with two attached hydrogens (primary N) is 1. The number of nitrogens with one attached hydrogen (secondary N) is 1. The van der Waals surface area contributed by atoms with Gasteiger partial charge in [0.05, 0.1) is 12.0 Å². The van der Waals surface area contributed by atoms with Gasteiger partial charge in [-0.25, -0.2) is 17.5 Å². The highest BCUT2D eigenvalue weighted by molar-refractivity contribution is 7.89. The van der Waals surface area contributed by atoms with Gasteiger partial charge in [-0.2, -0.15) is 0 Å². The number of anilines is 6. The molecule has 3 heterocycles. The summed E-state index contributed by atoms with van der Waals surface area (Å²) in [6.45, 7) is 15.6. The number of rotatable bonds is 14. The number of hydrogen-bond donors (Lipinski definition) is 2. The highest BCUT2D eigenvalue weighted by Gasteiger charge is 2.28. The Kier molecular flexibility index (Phi) is 24.0. The largest absolute Gasteiger partial charge is 0.497 e. The molecule has 3 fully saturated rings. The standard InChI is InChI=1S/C27H40N4O4S.C18H29N3O2.C13H21N3.ClH/c1-20-18-25(35-7)19-21(2)27(20)36(33,34)29(5)15-14-26(32)30(6)23-8-10-24(11-9-23)31-16-12-22(13-17-31)28(3)4;1-18(2,3)23-17(22)19-14-6-8-16(9-7-14)21-12-10-15(11-13-21)20(4)5;1-15(2)12-7-9-16(10-8-12)13-5-3-11(14)4-6-13;/h8-11,18-19,22H,12-17H2,1-7H3;6-9,15H,10-13H2,1-5H3,(H,19,22);3-6,12H,7-10,14H2,1-2H3;1H. The smallest absolute Gasteiger partial charge is 0.412 e.